The maximum atomic E-state index is 12.9. The maximum absolute atomic E-state index is 12.9. The number of carbonyl (C=O) groups excluding carboxylic acids is 1. The predicted octanol–water partition coefficient (Wildman–Crippen LogP) is 2.71. The van der Waals surface area contributed by atoms with Crippen molar-refractivity contribution < 1.29 is 4.79 Å². The van der Waals surface area contributed by atoms with Crippen LogP contribution in [-0.2, 0) is 11.2 Å². The zero-order chi connectivity index (χ0) is 15.3. The van der Waals surface area contributed by atoms with Crippen LogP contribution in [0.1, 0.15) is 32.3 Å². The molecule has 1 aliphatic rings. The molecule has 1 aliphatic heterocycles. The molecule has 1 fully saturated rings. The number of likely N-dealkylation sites (tertiary alicyclic amines) is 1. The summed E-state index contributed by atoms with van der Waals surface area (Å²) in [6.45, 7) is 6.96. The molecule has 1 atom stereocenters. The van der Waals surface area contributed by atoms with Crippen LogP contribution < -0.4 is 5.32 Å². The Kier molecular flexibility index (Phi) is 5.40. The lowest BCUT2D eigenvalue weighted by Gasteiger charge is -2.37. The first-order chi connectivity index (χ1) is 10.0. The molecule has 1 aromatic carbocycles. The molecule has 1 unspecified atom stereocenters. The average molecular weight is 288 g/mol. The number of carbonyl (C=O) groups is 1. The molecule has 1 aromatic rings. The highest BCUT2D eigenvalue weighted by molar-refractivity contribution is 5.82. The second-order valence-corrected chi connectivity index (χ2v) is 6.86. The predicted molar refractivity (Wildman–Crippen MR) is 87.2 cm³/mol. The van der Waals surface area contributed by atoms with Gasteiger partial charge in [0.2, 0.25) is 5.91 Å². The molecule has 1 amide bonds. The first kappa shape index (κ1) is 16.0. The third kappa shape index (κ3) is 4.31. The first-order valence-electron chi connectivity index (χ1n) is 8.01. The SMILES string of the molecule is CNCC1CCCN(C(=O)C(C)(C)Cc2ccccc2)C1. The summed E-state index contributed by atoms with van der Waals surface area (Å²) in [5.41, 5.74) is 0.905. The molecule has 21 heavy (non-hydrogen) atoms. The van der Waals surface area contributed by atoms with E-state index in [-0.39, 0.29) is 5.41 Å². The molecule has 116 valence electrons. The van der Waals surface area contributed by atoms with E-state index < -0.39 is 0 Å². The van der Waals surface area contributed by atoms with Crippen molar-refractivity contribution in [3.8, 4) is 0 Å². The summed E-state index contributed by atoms with van der Waals surface area (Å²) < 4.78 is 0. The smallest absolute Gasteiger partial charge is 0.228 e. The van der Waals surface area contributed by atoms with Crippen LogP contribution in [0.5, 0.6) is 0 Å². The minimum absolute atomic E-state index is 0.298. The minimum atomic E-state index is -0.330. The number of amides is 1. The molecule has 0 aromatic heterocycles. The standard InChI is InChI=1S/C18H28N2O/c1-18(2,12-15-8-5-4-6-9-15)17(21)20-11-7-10-16(14-20)13-19-3/h4-6,8-9,16,19H,7,10-14H2,1-3H3. The van der Waals surface area contributed by atoms with Crippen molar-refractivity contribution in [2.24, 2.45) is 11.3 Å². The summed E-state index contributed by atoms with van der Waals surface area (Å²) in [5.74, 6) is 0.896. The summed E-state index contributed by atoms with van der Waals surface area (Å²) in [4.78, 5) is 15.0. The van der Waals surface area contributed by atoms with E-state index in [2.05, 4.69) is 36.2 Å². The second kappa shape index (κ2) is 7.08. The van der Waals surface area contributed by atoms with Gasteiger partial charge in [-0.25, -0.2) is 0 Å². The van der Waals surface area contributed by atoms with Gasteiger partial charge in [0.25, 0.3) is 0 Å². The summed E-state index contributed by atoms with van der Waals surface area (Å²) in [6, 6.07) is 10.3. The summed E-state index contributed by atoms with van der Waals surface area (Å²) in [6.07, 6.45) is 3.16. The third-order valence-electron chi connectivity index (χ3n) is 4.37. The Hall–Kier alpha value is -1.35. The van der Waals surface area contributed by atoms with Gasteiger partial charge in [-0.3, -0.25) is 4.79 Å². The first-order valence-corrected chi connectivity index (χ1v) is 8.01. The molecule has 0 aliphatic carbocycles. The molecule has 1 heterocycles. The average Bonchev–Trinajstić information content (AvgIpc) is 2.48. The van der Waals surface area contributed by atoms with Crippen LogP contribution in [0.25, 0.3) is 0 Å². The van der Waals surface area contributed by atoms with Crippen LogP contribution in [0.3, 0.4) is 0 Å². The molecule has 2 rings (SSSR count). The zero-order valence-corrected chi connectivity index (χ0v) is 13.6. The van der Waals surface area contributed by atoms with Crippen molar-refractivity contribution in [3.05, 3.63) is 35.9 Å². The van der Waals surface area contributed by atoms with Gasteiger partial charge in [0.15, 0.2) is 0 Å². The molecule has 1 N–H and O–H groups in total. The maximum Gasteiger partial charge on any atom is 0.228 e. The van der Waals surface area contributed by atoms with E-state index in [9.17, 15) is 4.79 Å². The van der Waals surface area contributed by atoms with E-state index in [4.69, 9.17) is 0 Å². The largest absolute Gasteiger partial charge is 0.342 e. The van der Waals surface area contributed by atoms with Crippen molar-refractivity contribution in [1.29, 1.82) is 0 Å². The Balaban J connectivity index is 2.00. The molecule has 0 spiro atoms. The number of benzene rings is 1. The number of rotatable bonds is 5. The van der Waals surface area contributed by atoms with Crippen LogP contribution in [0.4, 0.5) is 0 Å². The Morgan fingerprint density at radius 2 is 2.05 bits per heavy atom. The van der Waals surface area contributed by atoms with E-state index >= 15 is 0 Å². The van der Waals surface area contributed by atoms with Crippen LogP contribution in [0, 0.1) is 11.3 Å². The fourth-order valence-corrected chi connectivity index (χ4v) is 3.31. The lowest BCUT2D eigenvalue weighted by atomic mass is 9.83. The van der Waals surface area contributed by atoms with Crippen LogP contribution in [-0.4, -0.2) is 37.5 Å². The number of hydrogen-bond acceptors (Lipinski definition) is 2. The van der Waals surface area contributed by atoms with Gasteiger partial charge < -0.3 is 10.2 Å². The number of piperidine rings is 1. The summed E-state index contributed by atoms with van der Waals surface area (Å²) in [5, 5.41) is 3.24. The molecule has 1 saturated heterocycles. The minimum Gasteiger partial charge on any atom is -0.342 e. The van der Waals surface area contributed by atoms with Crippen LogP contribution in [0.15, 0.2) is 30.3 Å². The van der Waals surface area contributed by atoms with Gasteiger partial charge in [-0.15, -0.1) is 0 Å². The van der Waals surface area contributed by atoms with Crippen LogP contribution in [0.2, 0.25) is 0 Å². The topological polar surface area (TPSA) is 32.3 Å². The summed E-state index contributed by atoms with van der Waals surface area (Å²) >= 11 is 0. The molecular formula is C18H28N2O. The normalized spacial score (nSPS) is 19.6. The van der Waals surface area contributed by atoms with Crippen molar-refractivity contribution >= 4 is 5.91 Å². The lowest BCUT2D eigenvalue weighted by molar-refractivity contribution is -0.142. The van der Waals surface area contributed by atoms with E-state index in [0.29, 0.717) is 11.8 Å². The van der Waals surface area contributed by atoms with E-state index in [0.717, 1.165) is 32.5 Å². The van der Waals surface area contributed by atoms with Gasteiger partial charge in [-0.2, -0.15) is 0 Å². The van der Waals surface area contributed by atoms with E-state index in [1.807, 2.05) is 25.2 Å². The molecule has 0 radical (unpaired) electrons. The number of nitrogens with one attached hydrogen (secondary N) is 1. The highest BCUT2D eigenvalue weighted by Crippen LogP contribution is 2.27. The van der Waals surface area contributed by atoms with Crippen LogP contribution >= 0.6 is 0 Å². The Bertz CT molecular complexity index is 454. The monoisotopic (exact) mass is 288 g/mol. The Morgan fingerprint density at radius 1 is 1.33 bits per heavy atom. The van der Waals surface area contributed by atoms with Crippen molar-refractivity contribution in [2.45, 2.75) is 33.1 Å². The van der Waals surface area contributed by atoms with Crippen molar-refractivity contribution in [2.75, 3.05) is 26.7 Å². The van der Waals surface area contributed by atoms with Gasteiger partial charge in [0.1, 0.15) is 0 Å². The number of hydrogen-bond donors (Lipinski definition) is 1. The van der Waals surface area contributed by atoms with E-state index in [1.165, 1.54) is 12.0 Å². The quantitative estimate of drug-likeness (QED) is 0.903. The molecule has 0 bridgehead atoms. The second-order valence-electron chi connectivity index (χ2n) is 6.86. The lowest BCUT2D eigenvalue weighted by Crippen LogP contribution is -2.48. The molecular weight excluding hydrogens is 260 g/mol. The highest BCUT2D eigenvalue weighted by Gasteiger charge is 2.34. The Morgan fingerprint density at radius 3 is 2.71 bits per heavy atom. The van der Waals surface area contributed by atoms with Gasteiger partial charge in [0.05, 0.1) is 0 Å². The number of nitrogens with zero attached hydrogens (tertiary/aromatic N) is 1. The highest BCUT2D eigenvalue weighted by atomic mass is 16.2. The molecule has 3 nitrogen and oxygen atoms in total. The molecule has 3 heteroatoms. The fraction of sp³-hybridized carbons (Fsp3) is 0.611. The Labute approximate surface area is 128 Å². The van der Waals surface area contributed by atoms with Gasteiger partial charge in [0, 0.05) is 18.5 Å². The van der Waals surface area contributed by atoms with Gasteiger partial charge in [-0.1, -0.05) is 44.2 Å². The van der Waals surface area contributed by atoms with Gasteiger partial charge in [-0.05, 0) is 44.3 Å². The zero-order valence-electron chi connectivity index (χ0n) is 13.6. The molecule has 0 saturated carbocycles. The summed E-state index contributed by atoms with van der Waals surface area (Å²) in [7, 11) is 1.99. The van der Waals surface area contributed by atoms with Crippen molar-refractivity contribution in [1.82, 2.24) is 10.2 Å². The van der Waals surface area contributed by atoms with Gasteiger partial charge >= 0.3 is 0 Å². The van der Waals surface area contributed by atoms with E-state index in [1.54, 1.807) is 0 Å². The fourth-order valence-electron chi connectivity index (χ4n) is 3.31. The van der Waals surface area contributed by atoms with Crippen molar-refractivity contribution in [3.63, 3.8) is 0 Å². The third-order valence-corrected chi connectivity index (χ3v) is 4.37.